The van der Waals surface area contributed by atoms with Gasteiger partial charge in [-0.05, 0) is 40.9 Å². The minimum atomic E-state index is -2.04. The number of nitrogens with zero attached hydrogens (tertiary/aromatic N) is 1. The molecule has 1 aromatic heterocycles. The summed E-state index contributed by atoms with van der Waals surface area (Å²) in [4.78, 5) is 14.4. The summed E-state index contributed by atoms with van der Waals surface area (Å²) in [6, 6.07) is 17.0. The Morgan fingerprint density at radius 2 is 1.19 bits per heavy atom. The fourth-order valence-electron chi connectivity index (χ4n) is 7.05. The molecule has 0 saturated heterocycles. The Morgan fingerprint density at radius 3 is 1.61 bits per heavy atom. The van der Waals surface area contributed by atoms with E-state index in [9.17, 15) is 4.79 Å². The predicted molar refractivity (Wildman–Crippen MR) is 136 cm³/mol. The zero-order valence-corrected chi connectivity index (χ0v) is 21.4. The second-order valence-electron chi connectivity index (χ2n) is 10.5. The minimum Gasteiger partial charge on any atom is -0.329 e. The van der Waals surface area contributed by atoms with Crippen LogP contribution in [0.3, 0.4) is 0 Å². The van der Waals surface area contributed by atoms with Gasteiger partial charge >= 0.3 is 0 Å². The van der Waals surface area contributed by atoms with Crippen molar-refractivity contribution in [3.05, 3.63) is 59.3 Å². The Labute approximate surface area is 188 Å². The van der Waals surface area contributed by atoms with Crippen molar-refractivity contribution in [3.8, 4) is 0 Å². The molecule has 31 heavy (non-hydrogen) atoms. The summed E-state index contributed by atoms with van der Waals surface area (Å²) in [5, 5.41) is 3.72. The lowest BCUT2D eigenvalue weighted by Gasteiger charge is -2.44. The van der Waals surface area contributed by atoms with E-state index in [1.807, 2.05) is 0 Å². The number of benzene rings is 2. The zero-order chi connectivity index (χ0) is 22.7. The maximum atomic E-state index is 14.4. The Kier molecular flexibility index (Phi) is 5.54. The van der Waals surface area contributed by atoms with Crippen LogP contribution in [0.25, 0.3) is 21.8 Å². The molecule has 0 bridgehead atoms. The van der Waals surface area contributed by atoms with Gasteiger partial charge in [0, 0.05) is 27.7 Å². The molecular weight excluding hydrogens is 394 g/mol. The van der Waals surface area contributed by atoms with Crippen molar-refractivity contribution in [2.45, 2.75) is 78.1 Å². The molecule has 1 aliphatic rings. The number of rotatable bonds is 5. The Hall–Kier alpha value is -2.13. The van der Waals surface area contributed by atoms with Crippen LogP contribution in [0.4, 0.5) is 0 Å². The molecule has 0 unspecified atom stereocenters. The number of fused-ring (bicyclic) bond motifs is 3. The number of ketones is 1. The summed E-state index contributed by atoms with van der Waals surface area (Å²) in [5.74, 6) is 0.601. The number of hydrogen-bond acceptors (Lipinski definition) is 1. The van der Waals surface area contributed by atoms with E-state index in [2.05, 4.69) is 108 Å². The molecule has 1 aliphatic carbocycles. The van der Waals surface area contributed by atoms with Gasteiger partial charge in [0.25, 0.3) is 0 Å². The highest BCUT2D eigenvalue weighted by Gasteiger charge is 2.54. The van der Waals surface area contributed by atoms with Gasteiger partial charge in [0.2, 0.25) is 0 Å². The summed E-state index contributed by atoms with van der Waals surface area (Å²) in [5.41, 5.74) is 5.30. The van der Waals surface area contributed by atoms with Gasteiger partial charge in [0.1, 0.15) is 6.04 Å². The van der Waals surface area contributed by atoms with Gasteiger partial charge in [-0.25, -0.2) is 0 Å². The highest BCUT2D eigenvalue weighted by atomic mass is 28.3. The number of para-hydroxylation sites is 2. The van der Waals surface area contributed by atoms with Crippen LogP contribution in [0.2, 0.25) is 16.6 Å². The van der Waals surface area contributed by atoms with Crippen LogP contribution in [-0.2, 0) is 4.79 Å². The van der Waals surface area contributed by atoms with E-state index >= 15 is 0 Å². The van der Waals surface area contributed by atoms with Crippen molar-refractivity contribution < 1.29 is 4.79 Å². The molecule has 1 heterocycles. The fourth-order valence-corrected chi connectivity index (χ4v) is 14.3. The van der Waals surface area contributed by atoms with E-state index in [1.54, 1.807) is 0 Å². The van der Waals surface area contributed by atoms with E-state index in [1.165, 1.54) is 32.6 Å². The van der Waals surface area contributed by atoms with Crippen molar-refractivity contribution in [2.24, 2.45) is 5.92 Å². The van der Waals surface area contributed by atoms with Crippen LogP contribution in [0.5, 0.6) is 0 Å². The van der Waals surface area contributed by atoms with Gasteiger partial charge < -0.3 is 4.57 Å². The summed E-state index contributed by atoms with van der Waals surface area (Å²) in [7, 11) is -2.04. The van der Waals surface area contributed by atoms with Crippen molar-refractivity contribution in [3.63, 3.8) is 0 Å². The highest BCUT2D eigenvalue weighted by molar-refractivity contribution is 6.93. The lowest BCUT2D eigenvalue weighted by atomic mass is 10.00. The van der Waals surface area contributed by atoms with Gasteiger partial charge in [-0.3, -0.25) is 4.79 Å². The van der Waals surface area contributed by atoms with E-state index in [0.717, 1.165) is 0 Å². The molecule has 164 valence electrons. The van der Waals surface area contributed by atoms with Crippen molar-refractivity contribution in [1.29, 1.82) is 0 Å². The highest BCUT2D eigenvalue weighted by Crippen LogP contribution is 2.53. The molecule has 0 radical (unpaired) electrons. The molecule has 0 spiro atoms. The summed E-state index contributed by atoms with van der Waals surface area (Å²) < 4.78 is 2.36. The molecule has 0 aliphatic heterocycles. The van der Waals surface area contributed by atoms with E-state index in [4.69, 9.17) is 0 Å². The molecule has 0 amide bonds. The van der Waals surface area contributed by atoms with Crippen LogP contribution in [0, 0.1) is 5.92 Å². The molecule has 2 nitrogen and oxygen atoms in total. The number of allylic oxidation sites excluding steroid dienone is 2. The first-order chi connectivity index (χ1) is 14.7. The molecule has 0 saturated carbocycles. The number of hydrogen-bond donors (Lipinski definition) is 0. The van der Waals surface area contributed by atoms with Gasteiger partial charge in [-0.1, -0.05) is 90.4 Å². The Balaban J connectivity index is 1.98. The first-order valence-corrected chi connectivity index (χ1v) is 14.1. The molecule has 2 atom stereocenters. The molecule has 3 aromatic rings. The number of Topliss-reactive ketones (excluding diaryl/α,β-unsaturated/α-hetero) is 1. The third-order valence-electron chi connectivity index (χ3n) is 8.26. The second-order valence-corrected chi connectivity index (χ2v) is 16.3. The number of carbonyl (C=O) groups is 1. The second kappa shape index (κ2) is 7.77. The first-order valence-electron chi connectivity index (χ1n) is 11.9. The van der Waals surface area contributed by atoms with Gasteiger partial charge in [0.15, 0.2) is 5.78 Å². The largest absolute Gasteiger partial charge is 0.329 e. The van der Waals surface area contributed by atoms with E-state index in [0.29, 0.717) is 22.4 Å². The fraction of sp³-hybridized carbons (Fsp3) is 0.464. The molecule has 0 N–H and O–H groups in total. The summed E-state index contributed by atoms with van der Waals surface area (Å²) in [6.45, 7) is 18.7. The van der Waals surface area contributed by atoms with Crippen molar-refractivity contribution in [1.82, 2.24) is 4.57 Å². The van der Waals surface area contributed by atoms with Gasteiger partial charge in [0.05, 0.1) is 8.07 Å². The van der Waals surface area contributed by atoms with Crippen LogP contribution in [-0.4, -0.2) is 18.4 Å². The average molecular weight is 432 g/mol. The smallest absolute Gasteiger partial charge is 0.178 e. The van der Waals surface area contributed by atoms with Gasteiger partial charge in [-0.15, -0.1) is 0 Å². The lowest BCUT2D eigenvalue weighted by Crippen LogP contribution is -2.49. The third-order valence-corrected chi connectivity index (χ3v) is 15.5. The van der Waals surface area contributed by atoms with Crippen LogP contribution in [0.1, 0.15) is 61.4 Å². The Morgan fingerprint density at radius 1 is 0.774 bits per heavy atom. The molecule has 2 aromatic carbocycles. The maximum absolute atomic E-state index is 14.4. The standard InChI is InChI=1S/C28H37NOSi/c1-17(2)31(18(3)4,19(5)6)28-21(8)20(7)26(27(28)30)29-24-15-11-9-13-22(24)23-14-10-12-16-25(23)29/h9-20,26H,1-8H3/t20-,26+/m1/s1. The van der Waals surface area contributed by atoms with Crippen LogP contribution < -0.4 is 0 Å². The minimum absolute atomic E-state index is 0.150. The molecule has 3 heteroatoms. The summed E-state index contributed by atoms with van der Waals surface area (Å²) >= 11 is 0. The quantitative estimate of drug-likeness (QED) is 0.374. The van der Waals surface area contributed by atoms with E-state index in [-0.39, 0.29) is 12.0 Å². The van der Waals surface area contributed by atoms with Crippen molar-refractivity contribution >= 4 is 35.7 Å². The maximum Gasteiger partial charge on any atom is 0.178 e. The SMILES string of the molecule is CC1=C([Si](C(C)C)(C(C)C)C(C)C)C(=O)[C@@H](n2c3ccccc3c3ccccc32)[C@@H]1C. The molecule has 4 rings (SSSR count). The molecular formula is C28H37NOSi. The van der Waals surface area contributed by atoms with Crippen LogP contribution >= 0.6 is 0 Å². The zero-order valence-electron chi connectivity index (χ0n) is 20.4. The third kappa shape index (κ3) is 2.92. The summed E-state index contributed by atoms with van der Waals surface area (Å²) in [6.07, 6.45) is 0. The normalized spacial score (nSPS) is 20.4. The van der Waals surface area contributed by atoms with E-state index < -0.39 is 8.07 Å². The first kappa shape index (κ1) is 22.1. The Bertz CT molecular complexity index is 1110. The van der Waals surface area contributed by atoms with Crippen molar-refractivity contribution in [2.75, 3.05) is 0 Å². The average Bonchev–Trinajstić information content (AvgIpc) is 3.15. The monoisotopic (exact) mass is 431 g/mol. The molecule has 0 fully saturated rings. The lowest BCUT2D eigenvalue weighted by molar-refractivity contribution is -0.117. The van der Waals surface area contributed by atoms with Crippen LogP contribution in [0.15, 0.2) is 59.3 Å². The number of carbonyl (C=O) groups excluding carboxylic acids is 1. The predicted octanol–water partition coefficient (Wildman–Crippen LogP) is 8.09. The van der Waals surface area contributed by atoms with Gasteiger partial charge in [-0.2, -0.15) is 0 Å². The number of aromatic nitrogens is 1. The topological polar surface area (TPSA) is 22.0 Å².